The van der Waals surface area contributed by atoms with Crippen LogP contribution >= 0.6 is 0 Å². The zero-order valence-electron chi connectivity index (χ0n) is 16.3. The molecule has 1 saturated heterocycles. The fraction of sp³-hybridized carbons (Fsp3) is 0.364. The van der Waals surface area contributed by atoms with Crippen LogP contribution in [0.2, 0.25) is 0 Å². The first kappa shape index (κ1) is 19.7. The van der Waals surface area contributed by atoms with Gasteiger partial charge in [-0.2, -0.15) is 0 Å². The quantitative estimate of drug-likeness (QED) is 0.883. The normalized spacial score (nSPS) is 15.6. The molecular weight excluding hydrogens is 356 g/mol. The molecule has 0 bridgehead atoms. The van der Waals surface area contributed by atoms with Crippen LogP contribution in [0.4, 0.5) is 0 Å². The van der Waals surface area contributed by atoms with Gasteiger partial charge in [0.05, 0.1) is 0 Å². The topological polar surface area (TPSA) is 70.1 Å². The van der Waals surface area contributed by atoms with Crippen molar-refractivity contribution in [2.24, 2.45) is 0 Å². The van der Waals surface area contributed by atoms with E-state index in [2.05, 4.69) is 0 Å². The molecule has 6 nitrogen and oxygen atoms in total. The molecule has 0 radical (unpaired) electrons. The molecule has 1 heterocycles. The van der Waals surface area contributed by atoms with E-state index in [1.54, 1.807) is 24.0 Å². The summed E-state index contributed by atoms with van der Waals surface area (Å²) >= 11 is 0. The number of aryl methyl sites for hydroxylation is 1. The molecular formula is C22H26N2O4. The molecule has 1 fully saturated rings. The fourth-order valence-corrected chi connectivity index (χ4v) is 3.26. The fourth-order valence-electron chi connectivity index (χ4n) is 3.26. The van der Waals surface area contributed by atoms with Crippen molar-refractivity contribution in [2.75, 3.05) is 26.2 Å². The van der Waals surface area contributed by atoms with E-state index in [0.717, 1.165) is 12.0 Å². The number of rotatable bonds is 4. The number of carbonyl (C=O) groups excluding carboxylic acids is 2. The second-order valence-corrected chi connectivity index (χ2v) is 7.09. The van der Waals surface area contributed by atoms with Gasteiger partial charge < -0.3 is 19.6 Å². The van der Waals surface area contributed by atoms with E-state index in [1.165, 1.54) is 12.1 Å². The molecule has 3 rings (SSSR count). The van der Waals surface area contributed by atoms with Crippen LogP contribution in [0.25, 0.3) is 0 Å². The zero-order valence-corrected chi connectivity index (χ0v) is 16.3. The Kier molecular flexibility index (Phi) is 6.19. The van der Waals surface area contributed by atoms with Gasteiger partial charge >= 0.3 is 0 Å². The molecule has 2 aromatic rings. The smallest absolute Gasteiger partial charge is 0.263 e. The first-order valence-corrected chi connectivity index (χ1v) is 9.54. The van der Waals surface area contributed by atoms with Crippen molar-refractivity contribution in [1.82, 2.24) is 9.80 Å². The Morgan fingerprint density at radius 2 is 1.54 bits per heavy atom. The van der Waals surface area contributed by atoms with E-state index in [1.807, 2.05) is 36.1 Å². The maximum atomic E-state index is 12.8. The van der Waals surface area contributed by atoms with Crippen LogP contribution in [-0.4, -0.2) is 59.0 Å². The summed E-state index contributed by atoms with van der Waals surface area (Å²) in [5.41, 5.74) is 1.79. The Balaban J connectivity index is 1.57. The van der Waals surface area contributed by atoms with Gasteiger partial charge in [-0.25, -0.2) is 0 Å². The molecule has 1 N–H and O–H groups in total. The molecule has 148 valence electrons. The summed E-state index contributed by atoms with van der Waals surface area (Å²) in [4.78, 5) is 29.0. The summed E-state index contributed by atoms with van der Waals surface area (Å²) in [5.74, 6) is 0.585. The highest BCUT2D eigenvalue weighted by molar-refractivity contribution is 5.94. The third kappa shape index (κ3) is 4.82. The largest absolute Gasteiger partial charge is 0.508 e. The average molecular weight is 382 g/mol. The Bertz CT molecular complexity index is 817. The molecule has 1 aliphatic heterocycles. The molecule has 6 heteroatoms. The van der Waals surface area contributed by atoms with Gasteiger partial charge in [0.2, 0.25) is 0 Å². The van der Waals surface area contributed by atoms with Crippen LogP contribution in [0.3, 0.4) is 0 Å². The SMILES string of the molecule is Cc1ccc(C(=O)N2CCCN(C(=O)C(C)Oc3ccc(O)cc3)CC2)cc1. The summed E-state index contributed by atoms with van der Waals surface area (Å²) in [7, 11) is 0. The van der Waals surface area contributed by atoms with E-state index >= 15 is 0 Å². The van der Waals surface area contributed by atoms with Crippen LogP contribution in [0.5, 0.6) is 11.5 Å². The van der Waals surface area contributed by atoms with E-state index < -0.39 is 6.10 Å². The highest BCUT2D eigenvalue weighted by Gasteiger charge is 2.26. The van der Waals surface area contributed by atoms with Crippen molar-refractivity contribution < 1.29 is 19.4 Å². The molecule has 1 aliphatic rings. The first-order valence-electron chi connectivity index (χ1n) is 9.54. The summed E-state index contributed by atoms with van der Waals surface area (Å²) < 4.78 is 5.70. The Hall–Kier alpha value is -3.02. The minimum absolute atomic E-state index is 0.00249. The van der Waals surface area contributed by atoms with Gasteiger partial charge in [-0.15, -0.1) is 0 Å². The zero-order chi connectivity index (χ0) is 20.1. The summed E-state index contributed by atoms with van der Waals surface area (Å²) in [6, 6.07) is 13.9. The molecule has 0 spiro atoms. The lowest BCUT2D eigenvalue weighted by molar-refractivity contribution is -0.137. The van der Waals surface area contributed by atoms with Crippen LogP contribution < -0.4 is 4.74 Å². The van der Waals surface area contributed by atoms with Gasteiger partial charge in [-0.3, -0.25) is 9.59 Å². The maximum Gasteiger partial charge on any atom is 0.263 e. The highest BCUT2D eigenvalue weighted by Crippen LogP contribution is 2.18. The van der Waals surface area contributed by atoms with Crippen molar-refractivity contribution >= 4 is 11.8 Å². The first-order chi connectivity index (χ1) is 13.4. The van der Waals surface area contributed by atoms with E-state index in [4.69, 9.17) is 4.74 Å². The molecule has 0 aliphatic carbocycles. The van der Waals surface area contributed by atoms with Gasteiger partial charge in [0.25, 0.3) is 11.8 Å². The van der Waals surface area contributed by atoms with Crippen LogP contribution in [-0.2, 0) is 4.79 Å². The molecule has 0 saturated carbocycles. The van der Waals surface area contributed by atoms with Crippen molar-refractivity contribution in [3.8, 4) is 11.5 Å². The number of hydrogen-bond donors (Lipinski definition) is 1. The second kappa shape index (κ2) is 8.78. The number of phenolic OH excluding ortho intramolecular Hbond substituents is 1. The number of phenols is 1. The predicted octanol–water partition coefficient (Wildman–Crippen LogP) is 2.84. The third-order valence-electron chi connectivity index (χ3n) is 4.89. The van der Waals surface area contributed by atoms with Crippen molar-refractivity contribution in [3.05, 3.63) is 59.7 Å². The standard InChI is InChI=1S/C22H26N2O4/c1-16-4-6-18(7-5-16)22(27)24-13-3-12-23(14-15-24)21(26)17(2)28-20-10-8-19(25)9-11-20/h4-11,17,25H,3,12-15H2,1-2H3. The Morgan fingerprint density at radius 3 is 2.21 bits per heavy atom. The summed E-state index contributed by atoms with van der Waals surface area (Å²) in [6.45, 7) is 5.92. The number of benzene rings is 2. The Morgan fingerprint density at radius 1 is 0.929 bits per heavy atom. The number of amides is 2. The number of hydrogen-bond acceptors (Lipinski definition) is 4. The highest BCUT2D eigenvalue weighted by atomic mass is 16.5. The van der Waals surface area contributed by atoms with Crippen molar-refractivity contribution in [3.63, 3.8) is 0 Å². The number of carbonyl (C=O) groups is 2. The van der Waals surface area contributed by atoms with Gasteiger partial charge in [-0.1, -0.05) is 17.7 Å². The average Bonchev–Trinajstić information content (AvgIpc) is 2.95. The molecule has 28 heavy (non-hydrogen) atoms. The Labute approximate surface area is 165 Å². The minimum atomic E-state index is -0.635. The molecule has 1 unspecified atom stereocenters. The van der Waals surface area contributed by atoms with Gasteiger partial charge in [0.1, 0.15) is 11.5 Å². The van der Waals surface area contributed by atoms with E-state index in [-0.39, 0.29) is 17.6 Å². The van der Waals surface area contributed by atoms with Crippen molar-refractivity contribution in [1.29, 1.82) is 0 Å². The van der Waals surface area contributed by atoms with Gasteiger partial charge in [0.15, 0.2) is 6.10 Å². The molecule has 1 atom stereocenters. The van der Waals surface area contributed by atoms with E-state index in [9.17, 15) is 14.7 Å². The second-order valence-electron chi connectivity index (χ2n) is 7.09. The lowest BCUT2D eigenvalue weighted by Crippen LogP contribution is -2.43. The van der Waals surface area contributed by atoms with Crippen LogP contribution in [0, 0.1) is 6.92 Å². The minimum Gasteiger partial charge on any atom is -0.508 e. The molecule has 2 amide bonds. The maximum absolute atomic E-state index is 12.8. The molecule has 0 aromatic heterocycles. The summed E-state index contributed by atoms with van der Waals surface area (Å²) in [5, 5.41) is 9.34. The van der Waals surface area contributed by atoms with Gasteiger partial charge in [0, 0.05) is 31.7 Å². The predicted molar refractivity (Wildman–Crippen MR) is 106 cm³/mol. The van der Waals surface area contributed by atoms with Crippen molar-refractivity contribution in [2.45, 2.75) is 26.4 Å². The number of nitrogens with zero attached hydrogens (tertiary/aromatic N) is 2. The summed E-state index contributed by atoms with van der Waals surface area (Å²) in [6.07, 6.45) is 0.0961. The number of aromatic hydroxyl groups is 1. The van der Waals surface area contributed by atoms with Crippen LogP contribution in [0.1, 0.15) is 29.3 Å². The van der Waals surface area contributed by atoms with E-state index in [0.29, 0.717) is 37.5 Å². The molecule has 2 aromatic carbocycles. The lowest BCUT2D eigenvalue weighted by Gasteiger charge is -2.25. The van der Waals surface area contributed by atoms with Gasteiger partial charge in [-0.05, 0) is 56.7 Å². The lowest BCUT2D eigenvalue weighted by atomic mass is 10.1. The monoisotopic (exact) mass is 382 g/mol. The number of ether oxygens (including phenoxy) is 1. The van der Waals surface area contributed by atoms with Crippen LogP contribution in [0.15, 0.2) is 48.5 Å². The third-order valence-corrected chi connectivity index (χ3v) is 4.89.